The van der Waals surface area contributed by atoms with Gasteiger partial charge in [0.2, 0.25) is 5.28 Å². The Kier molecular flexibility index (Phi) is 6.89. The summed E-state index contributed by atoms with van der Waals surface area (Å²) in [5, 5.41) is 12.6. The fourth-order valence-corrected chi connectivity index (χ4v) is 4.35. The van der Waals surface area contributed by atoms with Crippen LogP contribution in [0.5, 0.6) is 0 Å². The Hall–Kier alpha value is -1.91. The molecule has 1 unspecified atom stereocenters. The van der Waals surface area contributed by atoms with Crippen LogP contribution >= 0.6 is 23.2 Å². The van der Waals surface area contributed by atoms with Crippen LogP contribution in [-0.2, 0) is 9.39 Å². The summed E-state index contributed by atoms with van der Waals surface area (Å²) < 4.78 is 25.7. The number of halogens is 3. The molecule has 2 atom stereocenters. The molecule has 175 valence electrons. The largest absolute Gasteiger partial charge is 0.427 e. The predicted molar refractivity (Wildman–Crippen MR) is 128 cm³/mol. The quantitative estimate of drug-likeness (QED) is 0.298. The third kappa shape index (κ3) is 5.28. The molecule has 1 saturated heterocycles. The number of fused-ring (bicyclic) bond motifs is 1. The van der Waals surface area contributed by atoms with Crippen LogP contribution in [0.2, 0.25) is 10.4 Å². The summed E-state index contributed by atoms with van der Waals surface area (Å²) in [6.07, 6.45) is 2.06. The van der Waals surface area contributed by atoms with Crippen LogP contribution in [0, 0.1) is 5.82 Å². The van der Waals surface area contributed by atoms with Crippen molar-refractivity contribution in [2.75, 3.05) is 24.7 Å². The zero-order chi connectivity index (χ0) is 23.8. The lowest BCUT2D eigenvalue weighted by Gasteiger charge is -2.45. The highest BCUT2D eigenvalue weighted by Gasteiger charge is 2.43. The van der Waals surface area contributed by atoms with Gasteiger partial charge in [-0.25, -0.2) is 14.4 Å². The molecule has 1 aliphatic rings. The Balaban J connectivity index is 1.51. The number of anilines is 1. The maximum Gasteiger partial charge on any atom is 0.331 e. The standard InChI is InChI=1S/C22H25BCl2FN4O3/c1-21(2,33-23-16-8-13(26)9-17-15(16)4-5-27-17)22(3,31)11-14-12-32-7-6-30(14)19-10-18(24)28-20(25)29-19/h4-5,8-10,14,27,31H,6-7,11-12H2,1-3H3/t14-,22?/m1/s1. The van der Waals surface area contributed by atoms with E-state index < -0.39 is 11.2 Å². The van der Waals surface area contributed by atoms with Crippen LogP contribution in [0.4, 0.5) is 10.2 Å². The zero-order valence-electron chi connectivity index (χ0n) is 18.6. The van der Waals surface area contributed by atoms with E-state index >= 15 is 0 Å². The highest BCUT2D eigenvalue weighted by molar-refractivity contribution is 6.51. The van der Waals surface area contributed by atoms with Crippen molar-refractivity contribution in [3.8, 4) is 0 Å². The number of H-pyrrole nitrogens is 1. The van der Waals surface area contributed by atoms with Crippen LogP contribution in [0.1, 0.15) is 27.2 Å². The summed E-state index contributed by atoms with van der Waals surface area (Å²) in [4.78, 5) is 13.2. The van der Waals surface area contributed by atoms with Crippen molar-refractivity contribution in [3.63, 3.8) is 0 Å². The van der Waals surface area contributed by atoms with Gasteiger partial charge >= 0.3 is 7.48 Å². The predicted octanol–water partition coefficient (Wildman–Crippen LogP) is 3.49. The first-order chi connectivity index (χ1) is 15.6. The second kappa shape index (κ2) is 9.39. The lowest BCUT2D eigenvalue weighted by atomic mass is 9.78. The summed E-state index contributed by atoms with van der Waals surface area (Å²) in [5.74, 6) is 0.200. The van der Waals surface area contributed by atoms with E-state index in [9.17, 15) is 9.50 Å². The minimum Gasteiger partial charge on any atom is -0.427 e. The smallest absolute Gasteiger partial charge is 0.331 e. The van der Waals surface area contributed by atoms with Crippen molar-refractivity contribution >= 4 is 52.9 Å². The van der Waals surface area contributed by atoms with Crippen molar-refractivity contribution in [2.45, 2.75) is 44.4 Å². The van der Waals surface area contributed by atoms with Gasteiger partial charge in [-0.3, -0.25) is 0 Å². The number of aliphatic hydroxyl groups is 1. The number of aromatic nitrogens is 3. The summed E-state index contributed by atoms with van der Waals surface area (Å²) in [7, 11) is 1.49. The summed E-state index contributed by atoms with van der Waals surface area (Å²) >= 11 is 12.1. The van der Waals surface area contributed by atoms with Gasteiger partial charge in [0, 0.05) is 30.7 Å². The number of aromatic amines is 1. The fraction of sp³-hybridized carbons (Fsp3) is 0.455. The van der Waals surface area contributed by atoms with Gasteiger partial charge in [-0.05, 0) is 61.4 Å². The number of benzene rings is 1. The maximum atomic E-state index is 14.0. The van der Waals surface area contributed by atoms with Crippen molar-refractivity contribution in [1.82, 2.24) is 15.0 Å². The molecule has 0 spiro atoms. The van der Waals surface area contributed by atoms with Crippen molar-refractivity contribution < 1.29 is 18.9 Å². The molecule has 2 N–H and O–H groups in total. The minimum absolute atomic E-state index is 0.0546. The van der Waals surface area contributed by atoms with Crippen LogP contribution in [0.25, 0.3) is 10.9 Å². The fourth-order valence-electron chi connectivity index (χ4n) is 3.95. The van der Waals surface area contributed by atoms with Crippen LogP contribution < -0.4 is 10.4 Å². The first-order valence-electron chi connectivity index (χ1n) is 10.6. The van der Waals surface area contributed by atoms with Gasteiger partial charge in [-0.2, -0.15) is 0 Å². The van der Waals surface area contributed by atoms with E-state index in [2.05, 4.69) is 15.0 Å². The monoisotopic (exact) mass is 493 g/mol. The lowest BCUT2D eigenvalue weighted by molar-refractivity contribution is -0.114. The van der Waals surface area contributed by atoms with Crippen molar-refractivity contribution in [3.05, 3.63) is 46.7 Å². The number of nitrogens with one attached hydrogen (secondary N) is 1. The van der Waals surface area contributed by atoms with Gasteiger partial charge in [-0.15, -0.1) is 0 Å². The molecule has 33 heavy (non-hydrogen) atoms. The van der Waals surface area contributed by atoms with Crippen LogP contribution in [0.3, 0.4) is 0 Å². The van der Waals surface area contributed by atoms with Crippen LogP contribution in [0.15, 0.2) is 30.5 Å². The third-order valence-corrected chi connectivity index (χ3v) is 6.61. The molecule has 1 aromatic carbocycles. The van der Waals surface area contributed by atoms with Gasteiger partial charge in [0.25, 0.3) is 0 Å². The van der Waals surface area contributed by atoms with Crippen molar-refractivity contribution in [2.24, 2.45) is 0 Å². The maximum absolute atomic E-state index is 14.0. The van der Waals surface area contributed by atoms with Gasteiger partial charge in [0.1, 0.15) is 16.8 Å². The number of nitrogens with zero attached hydrogens (tertiary/aromatic N) is 3. The summed E-state index contributed by atoms with van der Waals surface area (Å²) in [5.41, 5.74) is -1.03. The molecule has 11 heteroatoms. The number of hydrogen-bond acceptors (Lipinski definition) is 6. The minimum atomic E-state index is -1.28. The molecule has 0 aliphatic carbocycles. The Morgan fingerprint density at radius 2 is 2.09 bits per heavy atom. The molecule has 1 radical (unpaired) electrons. The van der Waals surface area contributed by atoms with Gasteiger partial charge in [0.15, 0.2) is 0 Å². The first-order valence-corrected chi connectivity index (χ1v) is 11.4. The topological polar surface area (TPSA) is 83.5 Å². The van der Waals surface area contributed by atoms with E-state index in [0.29, 0.717) is 43.0 Å². The molecule has 2 aromatic heterocycles. The Morgan fingerprint density at radius 3 is 2.85 bits per heavy atom. The molecular weight excluding hydrogens is 469 g/mol. The van der Waals surface area contributed by atoms with Crippen LogP contribution in [-0.4, -0.2) is 64.5 Å². The van der Waals surface area contributed by atoms with E-state index in [0.717, 1.165) is 5.39 Å². The average molecular weight is 494 g/mol. The third-order valence-electron chi connectivity index (χ3n) is 6.25. The summed E-state index contributed by atoms with van der Waals surface area (Å²) in [6, 6.07) is 6.12. The van der Waals surface area contributed by atoms with E-state index in [1.54, 1.807) is 33.0 Å². The highest BCUT2D eigenvalue weighted by Crippen LogP contribution is 2.33. The molecule has 0 saturated carbocycles. The van der Waals surface area contributed by atoms with E-state index in [4.69, 9.17) is 32.6 Å². The molecule has 7 nitrogen and oxygen atoms in total. The van der Waals surface area contributed by atoms with E-state index in [1.165, 1.54) is 19.6 Å². The normalized spacial score (nSPS) is 19.0. The average Bonchev–Trinajstić information content (AvgIpc) is 3.20. The van der Waals surface area contributed by atoms with Gasteiger partial charge in [0.05, 0.1) is 30.5 Å². The molecule has 1 fully saturated rings. The molecule has 0 bridgehead atoms. The number of morpholine rings is 1. The number of rotatable bonds is 7. The molecule has 1 aliphatic heterocycles. The highest BCUT2D eigenvalue weighted by atomic mass is 35.5. The Morgan fingerprint density at radius 1 is 1.30 bits per heavy atom. The molecular formula is C22H25BCl2FN4O3. The second-order valence-corrected chi connectivity index (χ2v) is 9.62. The molecule has 3 aromatic rings. The Bertz CT molecular complexity index is 1120. The van der Waals surface area contributed by atoms with E-state index in [-0.39, 0.29) is 22.3 Å². The molecule has 3 heterocycles. The number of hydrogen-bond donors (Lipinski definition) is 2. The lowest BCUT2D eigenvalue weighted by Crippen LogP contribution is -2.57. The number of ether oxygens (including phenoxy) is 1. The zero-order valence-corrected chi connectivity index (χ0v) is 20.1. The van der Waals surface area contributed by atoms with Gasteiger partial charge in [-0.1, -0.05) is 11.6 Å². The van der Waals surface area contributed by atoms with Gasteiger partial charge < -0.3 is 24.4 Å². The summed E-state index contributed by atoms with van der Waals surface area (Å²) in [6.45, 7) is 6.77. The Labute approximate surface area is 202 Å². The molecule has 0 amide bonds. The van der Waals surface area contributed by atoms with Crippen molar-refractivity contribution in [1.29, 1.82) is 0 Å². The second-order valence-electron chi connectivity index (χ2n) is 8.90. The molecule has 4 rings (SSSR count). The first kappa shape index (κ1) is 24.2. The SMILES string of the molecule is CC(O)(C[C@@H]1COCCN1c1cc(Cl)nc(Cl)n1)C(C)(C)O[B]c1cc(F)cc2[nH]ccc12. The van der Waals surface area contributed by atoms with E-state index in [1.807, 2.05) is 11.0 Å².